The molecule has 20 heavy (non-hydrogen) atoms. The van der Waals surface area contributed by atoms with E-state index in [1.54, 1.807) is 12.4 Å². The Morgan fingerprint density at radius 2 is 2.20 bits per heavy atom. The Balaban J connectivity index is 1.88. The quantitative estimate of drug-likeness (QED) is 0.696. The Hall–Kier alpha value is -2.40. The highest BCUT2D eigenvalue weighted by Crippen LogP contribution is 2.23. The van der Waals surface area contributed by atoms with E-state index in [4.69, 9.17) is 10.5 Å². The van der Waals surface area contributed by atoms with Crippen molar-refractivity contribution < 1.29 is 4.74 Å². The Morgan fingerprint density at radius 1 is 1.25 bits per heavy atom. The predicted octanol–water partition coefficient (Wildman–Crippen LogP) is 2.35. The van der Waals surface area contributed by atoms with E-state index in [0.29, 0.717) is 13.2 Å². The molecule has 5 heteroatoms. The minimum atomic E-state index is 0.631. The fourth-order valence-corrected chi connectivity index (χ4v) is 1.99. The van der Waals surface area contributed by atoms with E-state index in [1.165, 1.54) is 0 Å². The Labute approximate surface area is 116 Å². The van der Waals surface area contributed by atoms with Crippen LogP contribution in [-0.4, -0.2) is 28.1 Å². The first kappa shape index (κ1) is 12.6. The summed E-state index contributed by atoms with van der Waals surface area (Å²) >= 11 is 0. The second kappa shape index (κ2) is 5.71. The zero-order valence-corrected chi connectivity index (χ0v) is 11.0. The van der Waals surface area contributed by atoms with Gasteiger partial charge in [0.25, 0.3) is 0 Å². The third-order valence-electron chi connectivity index (χ3n) is 3.01. The molecule has 3 rings (SSSR count). The van der Waals surface area contributed by atoms with Crippen LogP contribution < -0.4 is 10.5 Å². The summed E-state index contributed by atoms with van der Waals surface area (Å²) in [5.41, 5.74) is 8.28. The molecule has 3 aromatic rings. The zero-order valence-electron chi connectivity index (χ0n) is 11.0. The SMILES string of the molecule is NCCCOc1ccc2nc(-c3cccnc3)[nH]c2c1. The number of imidazole rings is 1. The molecule has 0 fully saturated rings. The van der Waals surface area contributed by atoms with Crippen LogP contribution in [0.15, 0.2) is 42.7 Å². The van der Waals surface area contributed by atoms with Crippen molar-refractivity contribution >= 4 is 11.0 Å². The summed E-state index contributed by atoms with van der Waals surface area (Å²) in [5.74, 6) is 1.64. The molecule has 0 bridgehead atoms. The van der Waals surface area contributed by atoms with Gasteiger partial charge in [-0.25, -0.2) is 4.98 Å². The maximum atomic E-state index is 5.63. The Morgan fingerprint density at radius 3 is 3.00 bits per heavy atom. The molecule has 102 valence electrons. The van der Waals surface area contributed by atoms with Crippen LogP contribution in [0, 0.1) is 0 Å². The topological polar surface area (TPSA) is 76.8 Å². The molecule has 2 heterocycles. The van der Waals surface area contributed by atoms with Crippen molar-refractivity contribution in [2.45, 2.75) is 6.42 Å². The summed E-state index contributed by atoms with van der Waals surface area (Å²) in [6.45, 7) is 1.27. The minimum Gasteiger partial charge on any atom is -0.493 e. The molecule has 0 radical (unpaired) electrons. The van der Waals surface area contributed by atoms with Gasteiger partial charge in [0.05, 0.1) is 17.6 Å². The summed E-state index contributed by atoms with van der Waals surface area (Å²) in [4.78, 5) is 11.9. The predicted molar refractivity (Wildman–Crippen MR) is 78.5 cm³/mol. The number of H-pyrrole nitrogens is 1. The van der Waals surface area contributed by atoms with Gasteiger partial charge in [-0.3, -0.25) is 4.98 Å². The molecule has 0 atom stereocenters. The zero-order chi connectivity index (χ0) is 13.8. The summed E-state index contributed by atoms with van der Waals surface area (Å²) in [6, 6.07) is 9.70. The van der Waals surface area contributed by atoms with E-state index in [2.05, 4.69) is 15.0 Å². The molecule has 0 saturated heterocycles. The number of hydrogen-bond donors (Lipinski definition) is 2. The molecule has 5 nitrogen and oxygen atoms in total. The molecular formula is C15H16N4O. The number of benzene rings is 1. The average molecular weight is 268 g/mol. The molecule has 0 aliphatic heterocycles. The van der Waals surface area contributed by atoms with Crippen molar-refractivity contribution in [2.24, 2.45) is 5.73 Å². The van der Waals surface area contributed by atoms with Crippen LogP contribution in [0.4, 0.5) is 0 Å². The number of nitrogens with zero attached hydrogens (tertiary/aromatic N) is 2. The van der Waals surface area contributed by atoms with Crippen molar-refractivity contribution in [1.82, 2.24) is 15.0 Å². The van der Waals surface area contributed by atoms with Crippen molar-refractivity contribution in [2.75, 3.05) is 13.2 Å². The molecule has 0 aliphatic rings. The summed E-state index contributed by atoms with van der Waals surface area (Å²) in [7, 11) is 0. The number of fused-ring (bicyclic) bond motifs is 1. The molecule has 1 aromatic carbocycles. The summed E-state index contributed by atoms with van der Waals surface area (Å²) in [5, 5.41) is 0. The third kappa shape index (κ3) is 2.62. The van der Waals surface area contributed by atoms with Gasteiger partial charge < -0.3 is 15.5 Å². The van der Waals surface area contributed by atoms with Gasteiger partial charge in [0.15, 0.2) is 0 Å². The van der Waals surface area contributed by atoms with Crippen molar-refractivity contribution in [1.29, 1.82) is 0 Å². The lowest BCUT2D eigenvalue weighted by Crippen LogP contribution is -2.05. The number of pyridine rings is 1. The number of nitrogens with two attached hydrogens (primary N) is 1. The lowest BCUT2D eigenvalue weighted by Gasteiger charge is -2.04. The Kier molecular flexibility index (Phi) is 3.60. The second-order valence-electron chi connectivity index (χ2n) is 4.50. The molecule has 0 aliphatic carbocycles. The maximum absolute atomic E-state index is 5.63. The van der Waals surface area contributed by atoms with Gasteiger partial charge in [-0.15, -0.1) is 0 Å². The first-order valence-corrected chi connectivity index (χ1v) is 6.60. The van der Waals surface area contributed by atoms with Gasteiger partial charge in [-0.05, 0) is 37.2 Å². The van der Waals surface area contributed by atoms with Crippen LogP contribution in [-0.2, 0) is 0 Å². The number of ether oxygens (including phenoxy) is 1. The number of nitrogens with one attached hydrogen (secondary N) is 1. The number of hydrogen-bond acceptors (Lipinski definition) is 4. The summed E-state index contributed by atoms with van der Waals surface area (Å²) < 4.78 is 5.63. The van der Waals surface area contributed by atoms with E-state index in [-0.39, 0.29) is 0 Å². The number of aromatic amines is 1. The van der Waals surface area contributed by atoms with Crippen LogP contribution in [0.25, 0.3) is 22.4 Å². The monoisotopic (exact) mass is 268 g/mol. The fraction of sp³-hybridized carbons (Fsp3) is 0.200. The van der Waals surface area contributed by atoms with Crippen molar-refractivity contribution in [3.05, 3.63) is 42.7 Å². The first-order chi connectivity index (χ1) is 9.86. The minimum absolute atomic E-state index is 0.631. The lowest BCUT2D eigenvalue weighted by molar-refractivity contribution is 0.314. The van der Waals surface area contributed by atoms with Gasteiger partial charge in [0, 0.05) is 24.0 Å². The smallest absolute Gasteiger partial charge is 0.140 e. The maximum Gasteiger partial charge on any atom is 0.140 e. The van der Waals surface area contributed by atoms with Crippen LogP contribution in [0.3, 0.4) is 0 Å². The molecule has 0 saturated carbocycles. The molecule has 0 unspecified atom stereocenters. The third-order valence-corrected chi connectivity index (χ3v) is 3.01. The normalized spacial score (nSPS) is 10.8. The summed E-state index contributed by atoms with van der Waals surface area (Å²) in [6.07, 6.45) is 4.38. The van der Waals surface area contributed by atoms with Crippen LogP contribution in [0.2, 0.25) is 0 Å². The Bertz CT molecular complexity index is 693. The van der Waals surface area contributed by atoms with E-state index in [1.807, 2.05) is 30.3 Å². The van der Waals surface area contributed by atoms with Gasteiger partial charge >= 0.3 is 0 Å². The van der Waals surface area contributed by atoms with Gasteiger partial charge in [0.2, 0.25) is 0 Å². The highest BCUT2D eigenvalue weighted by atomic mass is 16.5. The van der Waals surface area contributed by atoms with E-state index >= 15 is 0 Å². The highest BCUT2D eigenvalue weighted by Gasteiger charge is 2.06. The number of rotatable bonds is 5. The molecule has 0 amide bonds. The fourth-order valence-electron chi connectivity index (χ4n) is 1.99. The largest absolute Gasteiger partial charge is 0.493 e. The standard InChI is InChI=1S/C15H16N4O/c16-6-2-8-20-12-4-5-13-14(9-12)19-15(18-13)11-3-1-7-17-10-11/h1,3-5,7,9-10H,2,6,8,16H2,(H,18,19). The second-order valence-corrected chi connectivity index (χ2v) is 4.50. The number of aromatic nitrogens is 3. The van der Waals surface area contributed by atoms with Gasteiger partial charge in [0.1, 0.15) is 11.6 Å². The van der Waals surface area contributed by atoms with Crippen LogP contribution in [0.1, 0.15) is 6.42 Å². The van der Waals surface area contributed by atoms with Crippen LogP contribution in [0.5, 0.6) is 5.75 Å². The molecular weight excluding hydrogens is 252 g/mol. The van der Waals surface area contributed by atoms with Gasteiger partial charge in [-0.1, -0.05) is 0 Å². The molecule has 0 spiro atoms. The first-order valence-electron chi connectivity index (χ1n) is 6.60. The van der Waals surface area contributed by atoms with E-state index < -0.39 is 0 Å². The molecule has 3 N–H and O–H groups in total. The van der Waals surface area contributed by atoms with Crippen molar-refractivity contribution in [3.8, 4) is 17.1 Å². The average Bonchev–Trinajstić information content (AvgIpc) is 2.92. The molecule has 2 aromatic heterocycles. The van der Waals surface area contributed by atoms with Crippen molar-refractivity contribution in [3.63, 3.8) is 0 Å². The highest BCUT2D eigenvalue weighted by molar-refractivity contribution is 5.80. The van der Waals surface area contributed by atoms with Crippen LogP contribution >= 0.6 is 0 Å². The van der Waals surface area contributed by atoms with Gasteiger partial charge in [-0.2, -0.15) is 0 Å². The van der Waals surface area contributed by atoms with E-state index in [0.717, 1.165) is 34.6 Å². The van der Waals surface area contributed by atoms with E-state index in [9.17, 15) is 0 Å². The lowest BCUT2D eigenvalue weighted by atomic mass is 10.3.